The minimum absolute atomic E-state index is 0.108. The van der Waals surface area contributed by atoms with Gasteiger partial charge in [-0.3, -0.25) is 9.89 Å². The van der Waals surface area contributed by atoms with Gasteiger partial charge in [-0.1, -0.05) is 13.3 Å². The maximum Gasteiger partial charge on any atom is 0.191 e. The van der Waals surface area contributed by atoms with Crippen LogP contribution in [0, 0.1) is 0 Å². The van der Waals surface area contributed by atoms with Crippen molar-refractivity contribution < 1.29 is 13.9 Å². The van der Waals surface area contributed by atoms with Crippen molar-refractivity contribution in [2.75, 3.05) is 60.2 Å². The summed E-state index contributed by atoms with van der Waals surface area (Å²) in [5.41, 5.74) is 0. The number of unbranched alkanes of at least 4 members (excludes halogenated alkanes) is 1. The lowest BCUT2D eigenvalue weighted by atomic mass is 10.2. The third-order valence-electron chi connectivity index (χ3n) is 3.81. The lowest BCUT2D eigenvalue weighted by Gasteiger charge is -2.21. The molecule has 1 aromatic heterocycles. The minimum atomic E-state index is 0.108. The summed E-state index contributed by atoms with van der Waals surface area (Å²) in [5, 5.41) is 6.55. The molecule has 1 heterocycles. The highest BCUT2D eigenvalue weighted by molar-refractivity contribution is 5.79. The first-order chi connectivity index (χ1) is 12.7. The first-order valence-corrected chi connectivity index (χ1v) is 9.56. The Kier molecular flexibility index (Phi) is 12.6. The van der Waals surface area contributed by atoms with Crippen LogP contribution in [0.2, 0.25) is 0 Å². The number of hydrogen-bond donors (Lipinski definition) is 2. The first kappa shape index (κ1) is 22.5. The fourth-order valence-corrected chi connectivity index (χ4v) is 2.32. The highest BCUT2D eigenvalue weighted by Gasteiger charge is 2.16. The Labute approximate surface area is 158 Å². The van der Waals surface area contributed by atoms with Crippen LogP contribution in [0.5, 0.6) is 0 Å². The van der Waals surface area contributed by atoms with Crippen LogP contribution in [0.4, 0.5) is 0 Å². The van der Waals surface area contributed by atoms with Gasteiger partial charge < -0.3 is 24.5 Å². The minimum Gasteiger partial charge on any atom is -0.468 e. The van der Waals surface area contributed by atoms with Crippen LogP contribution in [0.15, 0.2) is 27.8 Å². The largest absolute Gasteiger partial charge is 0.468 e. The average Bonchev–Trinajstić information content (AvgIpc) is 3.14. The molecule has 0 amide bonds. The average molecular weight is 369 g/mol. The highest BCUT2D eigenvalue weighted by atomic mass is 16.5. The van der Waals surface area contributed by atoms with E-state index in [1.807, 2.05) is 26.2 Å². The molecule has 1 unspecified atom stereocenters. The highest BCUT2D eigenvalue weighted by Crippen LogP contribution is 2.18. The number of hydrogen-bond acceptors (Lipinski definition) is 5. The molecule has 0 saturated heterocycles. The van der Waals surface area contributed by atoms with Crippen molar-refractivity contribution in [2.45, 2.75) is 32.7 Å². The van der Waals surface area contributed by atoms with Crippen LogP contribution in [0.3, 0.4) is 0 Å². The van der Waals surface area contributed by atoms with Crippen LogP contribution >= 0.6 is 0 Å². The van der Waals surface area contributed by atoms with E-state index in [1.165, 1.54) is 0 Å². The zero-order valence-corrected chi connectivity index (χ0v) is 16.8. The number of nitrogens with one attached hydrogen (secondary N) is 2. The molecule has 0 aliphatic rings. The molecule has 0 bridgehead atoms. The molecule has 26 heavy (non-hydrogen) atoms. The Bertz CT molecular complexity index is 463. The van der Waals surface area contributed by atoms with Crippen molar-refractivity contribution in [3.63, 3.8) is 0 Å². The maximum atomic E-state index is 5.57. The van der Waals surface area contributed by atoms with Crippen molar-refractivity contribution in [2.24, 2.45) is 4.99 Å². The van der Waals surface area contributed by atoms with Gasteiger partial charge in [0.2, 0.25) is 0 Å². The molecule has 0 aliphatic heterocycles. The molecule has 0 spiro atoms. The molecule has 1 atom stereocenters. The molecule has 1 aromatic rings. The van der Waals surface area contributed by atoms with E-state index < -0.39 is 0 Å². The monoisotopic (exact) mass is 368 g/mol. The molecule has 2 N–H and O–H groups in total. The predicted molar refractivity (Wildman–Crippen MR) is 106 cm³/mol. The molecule has 1 rings (SSSR count). The topological polar surface area (TPSA) is 71.3 Å². The Morgan fingerprint density at radius 2 is 1.92 bits per heavy atom. The zero-order chi connectivity index (χ0) is 19.0. The molecule has 7 heteroatoms. The second-order valence-electron chi connectivity index (χ2n) is 6.22. The van der Waals surface area contributed by atoms with Gasteiger partial charge in [-0.2, -0.15) is 0 Å². The lowest BCUT2D eigenvalue weighted by molar-refractivity contribution is 0.0487. The third-order valence-corrected chi connectivity index (χ3v) is 3.81. The van der Waals surface area contributed by atoms with E-state index >= 15 is 0 Å². The fraction of sp³-hybridized carbons (Fsp3) is 0.737. The summed E-state index contributed by atoms with van der Waals surface area (Å²) in [6, 6.07) is 4.00. The summed E-state index contributed by atoms with van der Waals surface area (Å²) in [4.78, 5) is 6.78. The number of ether oxygens (including phenoxy) is 2. The van der Waals surface area contributed by atoms with Gasteiger partial charge in [0.25, 0.3) is 0 Å². The van der Waals surface area contributed by atoms with Crippen LogP contribution in [0.1, 0.15) is 38.5 Å². The van der Waals surface area contributed by atoms with Gasteiger partial charge in [-0.25, -0.2) is 0 Å². The Balaban J connectivity index is 2.30. The molecule has 7 nitrogen and oxygen atoms in total. The molecule has 0 radical (unpaired) electrons. The Morgan fingerprint density at radius 3 is 2.54 bits per heavy atom. The van der Waals surface area contributed by atoms with Gasteiger partial charge in [0, 0.05) is 19.7 Å². The van der Waals surface area contributed by atoms with Crippen molar-refractivity contribution in [3.8, 4) is 0 Å². The van der Waals surface area contributed by atoms with E-state index in [0.29, 0.717) is 32.9 Å². The smallest absolute Gasteiger partial charge is 0.191 e. The van der Waals surface area contributed by atoms with Crippen LogP contribution < -0.4 is 10.6 Å². The molecule has 0 aromatic carbocycles. The van der Waals surface area contributed by atoms with E-state index in [9.17, 15) is 0 Å². The second kappa shape index (κ2) is 14.6. The van der Waals surface area contributed by atoms with E-state index in [4.69, 9.17) is 13.9 Å². The summed E-state index contributed by atoms with van der Waals surface area (Å²) < 4.78 is 16.6. The number of rotatable bonds is 14. The van der Waals surface area contributed by atoms with Gasteiger partial charge in [0.05, 0.1) is 38.7 Å². The van der Waals surface area contributed by atoms with Gasteiger partial charge in [0.1, 0.15) is 5.76 Å². The summed E-state index contributed by atoms with van der Waals surface area (Å²) in [6.07, 6.45) is 3.96. The third kappa shape index (κ3) is 9.79. The summed E-state index contributed by atoms with van der Waals surface area (Å²) in [5.74, 6) is 1.70. The van der Waals surface area contributed by atoms with Gasteiger partial charge >= 0.3 is 0 Å². The molecular formula is C19H36N4O3. The standard InChI is InChI=1S/C19H36N4O3/c1-5-7-11-24-14-15-25-13-10-21-19(20-6-2)22-16-17(23(3)4)18-9-8-12-26-18/h8-9,12,17H,5-7,10-11,13-16H2,1-4H3,(H2,20,21,22). The molecule has 0 saturated carbocycles. The van der Waals surface area contributed by atoms with E-state index in [1.54, 1.807) is 6.26 Å². The number of nitrogens with zero attached hydrogens (tertiary/aromatic N) is 2. The Morgan fingerprint density at radius 1 is 1.15 bits per heavy atom. The second-order valence-corrected chi connectivity index (χ2v) is 6.22. The van der Waals surface area contributed by atoms with E-state index in [-0.39, 0.29) is 6.04 Å². The summed E-state index contributed by atoms with van der Waals surface area (Å²) >= 11 is 0. The fourth-order valence-electron chi connectivity index (χ4n) is 2.32. The lowest BCUT2D eigenvalue weighted by Crippen LogP contribution is -2.39. The number of guanidine groups is 1. The molecule has 150 valence electrons. The van der Waals surface area contributed by atoms with Gasteiger partial charge in [-0.15, -0.1) is 0 Å². The first-order valence-electron chi connectivity index (χ1n) is 9.56. The summed E-state index contributed by atoms with van der Waals surface area (Å²) in [7, 11) is 4.05. The van der Waals surface area contributed by atoms with Crippen molar-refractivity contribution in [1.29, 1.82) is 0 Å². The van der Waals surface area contributed by atoms with Crippen LogP contribution in [-0.4, -0.2) is 71.0 Å². The normalized spacial score (nSPS) is 13.2. The number of likely N-dealkylation sites (N-methyl/N-ethyl adjacent to an activating group) is 1. The van der Waals surface area contributed by atoms with Crippen molar-refractivity contribution >= 4 is 5.96 Å². The number of furan rings is 1. The predicted octanol–water partition coefficient (Wildman–Crippen LogP) is 2.27. The zero-order valence-electron chi connectivity index (χ0n) is 16.8. The van der Waals surface area contributed by atoms with Crippen molar-refractivity contribution in [3.05, 3.63) is 24.2 Å². The van der Waals surface area contributed by atoms with Crippen LogP contribution in [0.25, 0.3) is 0 Å². The molecule has 0 aliphatic carbocycles. The van der Waals surface area contributed by atoms with Gasteiger partial charge in [-0.05, 0) is 39.6 Å². The molecule has 0 fully saturated rings. The van der Waals surface area contributed by atoms with Crippen LogP contribution in [-0.2, 0) is 9.47 Å². The Hall–Kier alpha value is -1.57. The van der Waals surface area contributed by atoms with E-state index in [0.717, 1.165) is 37.7 Å². The van der Waals surface area contributed by atoms with Crippen molar-refractivity contribution in [1.82, 2.24) is 15.5 Å². The summed E-state index contributed by atoms with van der Waals surface area (Å²) in [6.45, 7) is 9.06. The molecular weight excluding hydrogens is 332 g/mol. The maximum absolute atomic E-state index is 5.57. The SMILES string of the molecule is CCCCOCCOCCNC(=NCC(c1ccco1)N(C)C)NCC. The van der Waals surface area contributed by atoms with E-state index in [2.05, 4.69) is 34.4 Å². The van der Waals surface area contributed by atoms with Gasteiger partial charge in [0.15, 0.2) is 5.96 Å². The number of aliphatic imine (C=N–C) groups is 1. The quantitative estimate of drug-likeness (QED) is 0.298.